The van der Waals surface area contributed by atoms with E-state index in [4.69, 9.17) is 5.11 Å². The van der Waals surface area contributed by atoms with Crippen LogP contribution in [0, 0.1) is 0 Å². The Morgan fingerprint density at radius 1 is 1.62 bits per heavy atom. The summed E-state index contributed by atoms with van der Waals surface area (Å²) in [7, 11) is 0. The summed E-state index contributed by atoms with van der Waals surface area (Å²) < 4.78 is 0. The second kappa shape index (κ2) is 4.94. The minimum absolute atomic E-state index is 0.0720. The zero-order valence-electron chi connectivity index (χ0n) is 9.40. The van der Waals surface area contributed by atoms with Crippen molar-refractivity contribution >= 4 is 11.7 Å². The number of nitrogens with zero attached hydrogens (tertiary/aromatic N) is 1. The van der Waals surface area contributed by atoms with Gasteiger partial charge in [0, 0.05) is 6.20 Å². The van der Waals surface area contributed by atoms with Gasteiger partial charge in [-0.3, -0.25) is 4.98 Å². The maximum atomic E-state index is 11.0. The molecule has 5 nitrogen and oxygen atoms in total. The highest BCUT2D eigenvalue weighted by Crippen LogP contribution is 2.20. The maximum absolute atomic E-state index is 11.0. The third-order valence-electron chi connectivity index (χ3n) is 2.62. The van der Waals surface area contributed by atoms with Gasteiger partial charge in [-0.1, -0.05) is 6.92 Å². The summed E-state index contributed by atoms with van der Waals surface area (Å²) >= 11 is 0. The third kappa shape index (κ3) is 2.70. The lowest BCUT2D eigenvalue weighted by molar-refractivity contribution is 0.0697. The van der Waals surface area contributed by atoms with E-state index in [0.29, 0.717) is 12.1 Å². The normalized spacial score (nSPS) is 14.2. The number of aliphatic hydroxyl groups excluding tert-OH is 1. The van der Waals surface area contributed by atoms with E-state index < -0.39 is 11.5 Å². The van der Waals surface area contributed by atoms with Crippen LogP contribution in [-0.2, 0) is 0 Å². The summed E-state index contributed by atoms with van der Waals surface area (Å²) in [6.07, 6.45) is 3.56. The SMILES string of the molecule is CCC(C)(CO)Nc1cnccc1C(=O)O. The fraction of sp³-hybridized carbons (Fsp3) is 0.455. The Balaban J connectivity index is 3.01. The molecule has 1 unspecified atom stereocenters. The Labute approximate surface area is 94.1 Å². The van der Waals surface area contributed by atoms with E-state index >= 15 is 0 Å². The highest BCUT2D eigenvalue weighted by atomic mass is 16.4. The van der Waals surface area contributed by atoms with Crippen molar-refractivity contribution in [2.45, 2.75) is 25.8 Å². The van der Waals surface area contributed by atoms with Crippen LogP contribution in [0.2, 0.25) is 0 Å². The average molecular weight is 224 g/mol. The molecule has 88 valence electrons. The van der Waals surface area contributed by atoms with E-state index in [2.05, 4.69) is 10.3 Å². The first-order chi connectivity index (χ1) is 7.52. The van der Waals surface area contributed by atoms with Crippen molar-refractivity contribution in [3.05, 3.63) is 24.0 Å². The van der Waals surface area contributed by atoms with E-state index in [-0.39, 0.29) is 12.2 Å². The van der Waals surface area contributed by atoms with Crippen molar-refractivity contribution < 1.29 is 15.0 Å². The van der Waals surface area contributed by atoms with Crippen molar-refractivity contribution in [1.82, 2.24) is 4.98 Å². The Hall–Kier alpha value is -1.62. The third-order valence-corrected chi connectivity index (χ3v) is 2.62. The second-order valence-electron chi connectivity index (χ2n) is 3.92. The Morgan fingerprint density at radius 2 is 2.31 bits per heavy atom. The van der Waals surface area contributed by atoms with Gasteiger partial charge in [-0.25, -0.2) is 4.79 Å². The molecule has 1 aromatic heterocycles. The topological polar surface area (TPSA) is 82.5 Å². The highest BCUT2D eigenvalue weighted by Gasteiger charge is 2.22. The number of hydrogen-bond donors (Lipinski definition) is 3. The molecule has 5 heteroatoms. The summed E-state index contributed by atoms with van der Waals surface area (Å²) in [6.45, 7) is 3.67. The first kappa shape index (κ1) is 12.4. The van der Waals surface area contributed by atoms with Crippen molar-refractivity contribution in [2.24, 2.45) is 0 Å². The summed E-state index contributed by atoms with van der Waals surface area (Å²) in [5, 5.41) is 21.2. The molecule has 3 N–H and O–H groups in total. The number of carboxylic acid groups (broad SMARTS) is 1. The van der Waals surface area contributed by atoms with Crippen molar-refractivity contribution in [3.8, 4) is 0 Å². The van der Waals surface area contributed by atoms with Gasteiger partial charge < -0.3 is 15.5 Å². The number of hydrogen-bond acceptors (Lipinski definition) is 4. The first-order valence-corrected chi connectivity index (χ1v) is 5.09. The molecule has 0 aliphatic carbocycles. The minimum Gasteiger partial charge on any atom is -0.478 e. The van der Waals surface area contributed by atoms with Crippen LogP contribution in [0.3, 0.4) is 0 Å². The quantitative estimate of drug-likeness (QED) is 0.703. The summed E-state index contributed by atoms with van der Waals surface area (Å²) in [5.74, 6) is -1.01. The fourth-order valence-electron chi connectivity index (χ4n) is 1.25. The molecular weight excluding hydrogens is 208 g/mol. The number of aromatic nitrogens is 1. The lowest BCUT2D eigenvalue weighted by Crippen LogP contribution is -2.38. The van der Waals surface area contributed by atoms with Crippen LogP contribution < -0.4 is 5.32 Å². The van der Waals surface area contributed by atoms with Gasteiger partial charge in [-0.05, 0) is 19.4 Å². The predicted molar refractivity (Wildman–Crippen MR) is 60.6 cm³/mol. The molecule has 0 spiro atoms. The number of aromatic carboxylic acids is 1. The van der Waals surface area contributed by atoms with Crippen LogP contribution in [0.25, 0.3) is 0 Å². The molecule has 0 saturated heterocycles. The zero-order chi connectivity index (χ0) is 12.2. The lowest BCUT2D eigenvalue weighted by atomic mass is 9.99. The van der Waals surface area contributed by atoms with E-state index in [0.717, 1.165) is 0 Å². The number of nitrogens with one attached hydrogen (secondary N) is 1. The number of anilines is 1. The molecule has 0 aliphatic heterocycles. The molecule has 0 amide bonds. The van der Waals surface area contributed by atoms with Crippen LogP contribution in [0.1, 0.15) is 30.6 Å². The molecule has 1 heterocycles. The molecule has 1 aromatic rings. The summed E-state index contributed by atoms with van der Waals surface area (Å²) in [6, 6.07) is 1.43. The van der Waals surface area contributed by atoms with Gasteiger partial charge in [0.15, 0.2) is 0 Å². The van der Waals surface area contributed by atoms with Crippen LogP contribution in [0.4, 0.5) is 5.69 Å². The van der Waals surface area contributed by atoms with Crippen LogP contribution in [-0.4, -0.2) is 33.3 Å². The molecular formula is C11H16N2O3. The van der Waals surface area contributed by atoms with Gasteiger partial charge in [-0.2, -0.15) is 0 Å². The number of rotatable bonds is 5. The van der Waals surface area contributed by atoms with Crippen molar-refractivity contribution in [3.63, 3.8) is 0 Å². The lowest BCUT2D eigenvalue weighted by Gasteiger charge is -2.28. The van der Waals surface area contributed by atoms with E-state index in [1.54, 1.807) is 0 Å². The average Bonchev–Trinajstić information content (AvgIpc) is 2.29. The van der Waals surface area contributed by atoms with Crippen LogP contribution in [0.15, 0.2) is 18.5 Å². The van der Waals surface area contributed by atoms with Crippen molar-refractivity contribution in [2.75, 3.05) is 11.9 Å². The summed E-state index contributed by atoms with van der Waals surface area (Å²) in [5.41, 5.74) is 0.0456. The van der Waals surface area contributed by atoms with E-state index in [1.165, 1.54) is 18.5 Å². The number of pyridine rings is 1. The van der Waals surface area contributed by atoms with Gasteiger partial charge in [0.2, 0.25) is 0 Å². The molecule has 16 heavy (non-hydrogen) atoms. The van der Waals surface area contributed by atoms with Crippen LogP contribution >= 0.6 is 0 Å². The minimum atomic E-state index is -1.01. The highest BCUT2D eigenvalue weighted by molar-refractivity contribution is 5.93. The molecule has 0 bridgehead atoms. The van der Waals surface area contributed by atoms with Gasteiger partial charge in [0.05, 0.1) is 29.6 Å². The number of carbonyl (C=O) groups is 1. The first-order valence-electron chi connectivity index (χ1n) is 5.09. The number of aliphatic hydroxyl groups is 1. The molecule has 0 radical (unpaired) electrons. The van der Waals surface area contributed by atoms with Gasteiger partial charge in [0.1, 0.15) is 0 Å². The standard InChI is InChI=1S/C11H16N2O3/c1-3-11(2,7-14)13-9-6-12-5-4-8(9)10(15)16/h4-6,13-14H,3,7H2,1-2H3,(H,15,16). The molecule has 0 fully saturated rings. The van der Waals surface area contributed by atoms with Gasteiger partial charge in [0.25, 0.3) is 0 Å². The number of carboxylic acids is 1. The Morgan fingerprint density at radius 3 is 2.81 bits per heavy atom. The largest absolute Gasteiger partial charge is 0.478 e. The van der Waals surface area contributed by atoms with Gasteiger partial charge in [-0.15, -0.1) is 0 Å². The van der Waals surface area contributed by atoms with Crippen LogP contribution in [0.5, 0.6) is 0 Å². The molecule has 1 rings (SSSR count). The summed E-state index contributed by atoms with van der Waals surface area (Å²) in [4.78, 5) is 14.8. The van der Waals surface area contributed by atoms with Gasteiger partial charge >= 0.3 is 5.97 Å². The smallest absolute Gasteiger partial charge is 0.337 e. The molecule has 1 atom stereocenters. The van der Waals surface area contributed by atoms with E-state index in [1.807, 2.05) is 13.8 Å². The fourth-order valence-corrected chi connectivity index (χ4v) is 1.25. The second-order valence-corrected chi connectivity index (χ2v) is 3.92. The molecule has 0 aromatic carbocycles. The Kier molecular flexibility index (Phi) is 3.84. The van der Waals surface area contributed by atoms with Crippen molar-refractivity contribution in [1.29, 1.82) is 0 Å². The molecule has 0 aliphatic rings. The zero-order valence-corrected chi connectivity index (χ0v) is 9.40. The maximum Gasteiger partial charge on any atom is 0.337 e. The predicted octanol–water partition coefficient (Wildman–Crippen LogP) is 1.35. The van der Waals surface area contributed by atoms with E-state index in [9.17, 15) is 9.90 Å². The molecule has 0 saturated carbocycles. The monoisotopic (exact) mass is 224 g/mol. The Bertz CT molecular complexity index is 375.